The van der Waals surface area contributed by atoms with Crippen LogP contribution in [-0.4, -0.2) is 28.8 Å². The fraction of sp³-hybridized carbons (Fsp3) is 0.571. The van der Waals surface area contributed by atoms with E-state index >= 15 is 0 Å². The third kappa shape index (κ3) is 1.84. The summed E-state index contributed by atoms with van der Waals surface area (Å²) in [7, 11) is 6.03. The van der Waals surface area contributed by atoms with Gasteiger partial charge in [0, 0.05) is 25.4 Å². The lowest BCUT2D eigenvalue weighted by molar-refractivity contribution is 0.402. The standard InChI is InChI=1S/C7H13N3/c1-9(2)5-7-4-8-10(3)6-7/h4,6H,5H2,1-3H3. The molecule has 0 aromatic carbocycles. The predicted octanol–water partition coefficient (Wildman–Crippen LogP) is 0.482. The molecule has 0 saturated carbocycles. The molecule has 0 spiro atoms. The molecule has 0 aliphatic heterocycles. The lowest BCUT2D eigenvalue weighted by atomic mass is 10.3. The van der Waals surface area contributed by atoms with Crippen LogP contribution in [0.15, 0.2) is 12.4 Å². The molecule has 10 heavy (non-hydrogen) atoms. The Balaban J connectivity index is 2.58. The Morgan fingerprint density at radius 1 is 1.60 bits per heavy atom. The highest BCUT2D eigenvalue weighted by Gasteiger charge is 1.95. The second kappa shape index (κ2) is 2.84. The number of rotatable bonds is 2. The van der Waals surface area contributed by atoms with Crippen LogP contribution in [0.5, 0.6) is 0 Å². The van der Waals surface area contributed by atoms with E-state index in [2.05, 4.69) is 10.00 Å². The Hall–Kier alpha value is -0.830. The minimum absolute atomic E-state index is 0.966. The number of hydrogen-bond donors (Lipinski definition) is 0. The molecule has 0 fully saturated rings. The third-order valence-electron chi connectivity index (χ3n) is 1.26. The van der Waals surface area contributed by atoms with Crippen LogP contribution in [0.1, 0.15) is 5.56 Å². The third-order valence-corrected chi connectivity index (χ3v) is 1.26. The summed E-state index contributed by atoms with van der Waals surface area (Å²) in [5.41, 5.74) is 1.26. The zero-order valence-electron chi connectivity index (χ0n) is 6.70. The van der Waals surface area contributed by atoms with E-state index in [4.69, 9.17) is 0 Å². The smallest absolute Gasteiger partial charge is 0.0534 e. The number of aryl methyl sites for hydroxylation is 1. The molecule has 3 nitrogen and oxygen atoms in total. The maximum absolute atomic E-state index is 4.06. The van der Waals surface area contributed by atoms with E-state index in [0.717, 1.165) is 6.54 Å². The van der Waals surface area contributed by atoms with E-state index in [-0.39, 0.29) is 0 Å². The van der Waals surface area contributed by atoms with Crippen LogP contribution in [0.4, 0.5) is 0 Å². The molecule has 0 atom stereocenters. The Kier molecular flexibility index (Phi) is 2.06. The quantitative estimate of drug-likeness (QED) is 0.594. The van der Waals surface area contributed by atoms with Crippen molar-refractivity contribution in [2.24, 2.45) is 7.05 Å². The minimum Gasteiger partial charge on any atom is -0.305 e. The first-order chi connectivity index (χ1) is 4.68. The van der Waals surface area contributed by atoms with Crippen molar-refractivity contribution >= 4 is 0 Å². The zero-order valence-corrected chi connectivity index (χ0v) is 6.70. The molecular weight excluding hydrogens is 126 g/mol. The zero-order chi connectivity index (χ0) is 7.56. The van der Waals surface area contributed by atoms with Crippen molar-refractivity contribution < 1.29 is 0 Å². The fourth-order valence-corrected chi connectivity index (χ4v) is 0.919. The summed E-state index contributed by atoms with van der Waals surface area (Å²) >= 11 is 0. The van der Waals surface area contributed by atoms with E-state index in [9.17, 15) is 0 Å². The van der Waals surface area contributed by atoms with E-state index in [1.807, 2.05) is 38.2 Å². The lowest BCUT2D eigenvalue weighted by Gasteiger charge is -2.05. The SMILES string of the molecule is CN(C)Cc1cnn(C)c1. The molecular formula is C7H13N3. The molecule has 1 heterocycles. The monoisotopic (exact) mass is 139 g/mol. The molecule has 1 aromatic heterocycles. The van der Waals surface area contributed by atoms with E-state index < -0.39 is 0 Å². The van der Waals surface area contributed by atoms with Gasteiger partial charge in [0.1, 0.15) is 0 Å². The van der Waals surface area contributed by atoms with Gasteiger partial charge in [-0.25, -0.2) is 0 Å². The Morgan fingerprint density at radius 3 is 2.70 bits per heavy atom. The molecule has 0 unspecified atom stereocenters. The summed E-state index contributed by atoms with van der Waals surface area (Å²) in [6, 6.07) is 0. The fourth-order valence-electron chi connectivity index (χ4n) is 0.919. The van der Waals surface area contributed by atoms with Crippen molar-refractivity contribution in [1.29, 1.82) is 0 Å². The molecule has 1 rings (SSSR count). The van der Waals surface area contributed by atoms with Crippen molar-refractivity contribution in [2.75, 3.05) is 14.1 Å². The summed E-state index contributed by atoms with van der Waals surface area (Å²) < 4.78 is 1.82. The van der Waals surface area contributed by atoms with Gasteiger partial charge in [-0.15, -0.1) is 0 Å². The molecule has 0 bridgehead atoms. The van der Waals surface area contributed by atoms with Crippen molar-refractivity contribution in [3.05, 3.63) is 18.0 Å². The van der Waals surface area contributed by atoms with Crippen LogP contribution in [0, 0.1) is 0 Å². The topological polar surface area (TPSA) is 21.1 Å². The second-order valence-corrected chi connectivity index (χ2v) is 2.76. The van der Waals surface area contributed by atoms with Crippen molar-refractivity contribution in [2.45, 2.75) is 6.54 Å². The normalized spacial score (nSPS) is 10.8. The van der Waals surface area contributed by atoms with Crippen molar-refractivity contribution in [3.8, 4) is 0 Å². The van der Waals surface area contributed by atoms with Crippen LogP contribution in [0.25, 0.3) is 0 Å². The van der Waals surface area contributed by atoms with Crippen molar-refractivity contribution in [1.82, 2.24) is 14.7 Å². The maximum Gasteiger partial charge on any atom is 0.0534 e. The Bertz CT molecular complexity index is 202. The molecule has 0 saturated heterocycles. The second-order valence-electron chi connectivity index (χ2n) is 2.76. The highest BCUT2D eigenvalue weighted by molar-refractivity contribution is 5.02. The van der Waals surface area contributed by atoms with Gasteiger partial charge in [0.05, 0.1) is 6.20 Å². The van der Waals surface area contributed by atoms with Crippen molar-refractivity contribution in [3.63, 3.8) is 0 Å². The predicted molar refractivity (Wildman–Crippen MR) is 40.6 cm³/mol. The lowest BCUT2D eigenvalue weighted by Crippen LogP contribution is -2.09. The van der Waals surface area contributed by atoms with Crippen LogP contribution in [0.3, 0.4) is 0 Å². The first kappa shape index (κ1) is 7.28. The van der Waals surface area contributed by atoms with E-state index in [1.165, 1.54) is 5.56 Å². The first-order valence-corrected chi connectivity index (χ1v) is 3.31. The summed E-state index contributed by atoms with van der Waals surface area (Å²) in [5, 5.41) is 4.06. The van der Waals surface area contributed by atoms with Crippen LogP contribution in [0.2, 0.25) is 0 Å². The van der Waals surface area contributed by atoms with Gasteiger partial charge < -0.3 is 4.90 Å². The molecule has 0 N–H and O–H groups in total. The van der Waals surface area contributed by atoms with Gasteiger partial charge in [-0.05, 0) is 14.1 Å². The van der Waals surface area contributed by atoms with Crippen LogP contribution >= 0.6 is 0 Å². The summed E-state index contributed by atoms with van der Waals surface area (Å²) in [6.45, 7) is 0.966. The van der Waals surface area contributed by atoms with Crippen LogP contribution in [-0.2, 0) is 13.6 Å². The molecule has 3 heteroatoms. The highest BCUT2D eigenvalue weighted by atomic mass is 15.2. The molecule has 0 amide bonds. The van der Waals surface area contributed by atoms with E-state index in [0.29, 0.717) is 0 Å². The van der Waals surface area contributed by atoms with Gasteiger partial charge in [0.25, 0.3) is 0 Å². The van der Waals surface area contributed by atoms with Gasteiger partial charge in [-0.2, -0.15) is 5.10 Å². The molecule has 0 aliphatic rings. The Morgan fingerprint density at radius 2 is 2.30 bits per heavy atom. The van der Waals surface area contributed by atoms with Gasteiger partial charge in [0.2, 0.25) is 0 Å². The average molecular weight is 139 g/mol. The maximum atomic E-state index is 4.06. The average Bonchev–Trinajstić information content (AvgIpc) is 2.13. The largest absolute Gasteiger partial charge is 0.305 e. The summed E-state index contributed by atoms with van der Waals surface area (Å²) in [6.07, 6.45) is 3.92. The molecule has 0 aliphatic carbocycles. The summed E-state index contributed by atoms with van der Waals surface area (Å²) in [4.78, 5) is 2.12. The molecule has 0 radical (unpaired) electrons. The van der Waals surface area contributed by atoms with E-state index in [1.54, 1.807) is 0 Å². The number of hydrogen-bond acceptors (Lipinski definition) is 2. The van der Waals surface area contributed by atoms with Gasteiger partial charge in [-0.1, -0.05) is 0 Å². The Labute approximate surface area is 61.3 Å². The van der Waals surface area contributed by atoms with Crippen LogP contribution < -0.4 is 0 Å². The first-order valence-electron chi connectivity index (χ1n) is 3.31. The highest BCUT2D eigenvalue weighted by Crippen LogP contribution is 1.97. The molecule has 1 aromatic rings. The number of nitrogens with zero attached hydrogens (tertiary/aromatic N) is 3. The van der Waals surface area contributed by atoms with Gasteiger partial charge >= 0.3 is 0 Å². The summed E-state index contributed by atoms with van der Waals surface area (Å²) in [5.74, 6) is 0. The van der Waals surface area contributed by atoms with Gasteiger partial charge in [-0.3, -0.25) is 4.68 Å². The minimum atomic E-state index is 0.966. The molecule has 56 valence electrons. The number of aromatic nitrogens is 2. The van der Waals surface area contributed by atoms with Gasteiger partial charge in [0.15, 0.2) is 0 Å².